The molecule has 11 heavy (non-hydrogen) atoms. The molecule has 0 aromatic rings. The summed E-state index contributed by atoms with van der Waals surface area (Å²) in [6.07, 6.45) is 0.467. The quantitative estimate of drug-likeness (QED) is 0.422. The molecule has 0 aromatic carbocycles. The minimum Gasteiger partial charge on any atom is -0.251 e. The smallest absolute Gasteiger partial charge is 0.251 e. The fourth-order valence-electron chi connectivity index (χ4n) is 0.641. The summed E-state index contributed by atoms with van der Waals surface area (Å²) in [6, 6.07) is 0.896. The fourth-order valence-corrected chi connectivity index (χ4v) is 2.28. The van der Waals surface area contributed by atoms with Crippen LogP contribution in [0.5, 0.6) is 0 Å². The second-order valence-electron chi connectivity index (χ2n) is 3.78. The maximum atomic E-state index is 10.2. The van der Waals surface area contributed by atoms with Crippen LogP contribution in [0.4, 0.5) is 0 Å². The molecule has 0 unspecified atom stereocenters. The SMILES string of the molecule is C[Si](C)(C)CC[CH+]S(=O)(=O)O. The molecule has 0 saturated heterocycles. The van der Waals surface area contributed by atoms with Crippen molar-refractivity contribution < 1.29 is 13.0 Å². The van der Waals surface area contributed by atoms with E-state index in [-0.39, 0.29) is 0 Å². The van der Waals surface area contributed by atoms with Crippen molar-refractivity contribution in [2.75, 3.05) is 0 Å². The molecule has 0 spiro atoms. The minimum atomic E-state index is -3.85. The van der Waals surface area contributed by atoms with Crippen LogP contribution in [0.2, 0.25) is 25.7 Å². The molecule has 66 valence electrons. The molecular formula is C6H15O3SSi+. The van der Waals surface area contributed by atoms with E-state index in [9.17, 15) is 8.42 Å². The fraction of sp³-hybridized carbons (Fsp3) is 0.833. The van der Waals surface area contributed by atoms with Gasteiger partial charge in [-0.1, -0.05) is 19.6 Å². The summed E-state index contributed by atoms with van der Waals surface area (Å²) in [7, 11) is -5.01. The van der Waals surface area contributed by atoms with E-state index in [1.807, 2.05) is 0 Å². The second-order valence-corrected chi connectivity index (χ2v) is 10.8. The molecule has 0 amide bonds. The average molecular weight is 195 g/mol. The third-order valence-corrected chi connectivity index (χ3v) is 3.67. The van der Waals surface area contributed by atoms with E-state index in [1.54, 1.807) is 0 Å². The largest absolute Gasteiger partial charge is 0.421 e. The van der Waals surface area contributed by atoms with Gasteiger partial charge in [-0.05, 0) is 6.04 Å². The Balaban J connectivity index is 3.61. The Bertz CT molecular complexity index is 202. The lowest BCUT2D eigenvalue weighted by molar-refractivity contribution is 0.489. The van der Waals surface area contributed by atoms with Crippen molar-refractivity contribution in [2.45, 2.75) is 32.1 Å². The van der Waals surface area contributed by atoms with Crippen LogP contribution in [-0.4, -0.2) is 21.0 Å². The molecule has 0 aliphatic carbocycles. The monoisotopic (exact) mass is 195 g/mol. The van der Waals surface area contributed by atoms with Crippen molar-refractivity contribution >= 4 is 18.2 Å². The van der Waals surface area contributed by atoms with Crippen LogP contribution in [0.3, 0.4) is 0 Å². The topological polar surface area (TPSA) is 54.4 Å². The summed E-state index contributed by atoms with van der Waals surface area (Å²) in [5.74, 6) is 0.977. The van der Waals surface area contributed by atoms with Gasteiger partial charge in [-0.2, -0.15) is 8.42 Å². The molecule has 0 aromatic heterocycles. The first kappa shape index (κ1) is 11.0. The lowest BCUT2D eigenvalue weighted by atomic mass is 10.6. The first-order valence-corrected chi connectivity index (χ1v) is 8.72. The van der Waals surface area contributed by atoms with Gasteiger partial charge in [-0.3, -0.25) is 4.55 Å². The Morgan fingerprint density at radius 3 is 2.09 bits per heavy atom. The molecule has 0 saturated carbocycles. The first-order chi connectivity index (χ1) is 4.71. The van der Waals surface area contributed by atoms with Gasteiger partial charge in [0.25, 0.3) is 0 Å². The van der Waals surface area contributed by atoms with Crippen LogP contribution >= 0.6 is 0 Å². The van der Waals surface area contributed by atoms with Gasteiger partial charge in [0, 0.05) is 8.07 Å². The van der Waals surface area contributed by atoms with E-state index < -0.39 is 18.2 Å². The maximum absolute atomic E-state index is 10.2. The van der Waals surface area contributed by atoms with Crippen molar-refractivity contribution in [2.24, 2.45) is 0 Å². The van der Waals surface area contributed by atoms with Gasteiger partial charge >= 0.3 is 10.1 Å². The van der Waals surface area contributed by atoms with E-state index in [2.05, 4.69) is 19.6 Å². The van der Waals surface area contributed by atoms with Gasteiger partial charge in [0.1, 0.15) is 6.42 Å². The van der Waals surface area contributed by atoms with Crippen LogP contribution in [0.25, 0.3) is 0 Å². The molecule has 0 fully saturated rings. The van der Waals surface area contributed by atoms with Gasteiger partial charge in [-0.25, -0.2) is 0 Å². The van der Waals surface area contributed by atoms with Gasteiger partial charge in [0.05, 0.1) is 0 Å². The standard InChI is InChI=1S/C6H14O3SSi/c1-11(2,3)6-4-5-10(7,8)9/h5H,4,6H2,1-3H3/p+1. The summed E-state index contributed by atoms with van der Waals surface area (Å²) < 4.78 is 28.8. The normalized spacial score (nSPS) is 13.1. The second kappa shape index (κ2) is 3.60. The Hall–Kier alpha value is -0.00312. The van der Waals surface area contributed by atoms with E-state index in [4.69, 9.17) is 4.55 Å². The minimum absolute atomic E-state index is 0.467. The van der Waals surface area contributed by atoms with E-state index in [0.717, 1.165) is 11.8 Å². The van der Waals surface area contributed by atoms with Gasteiger partial charge in [0.2, 0.25) is 5.75 Å². The molecule has 3 nitrogen and oxygen atoms in total. The molecule has 0 heterocycles. The molecule has 0 radical (unpaired) electrons. The molecule has 0 bridgehead atoms. The number of hydrogen-bond donors (Lipinski definition) is 1. The predicted molar refractivity (Wildman–Crippen MR) is 48.6 cm³/mol. The molecule has 5 heteroatoms. The Morgan fingerprint density at radius 1 is 1.36 bits per heavy atom. The predicted octanol–water partition coefficient (Wildman–Crippen LogP) is 1.76. The highest BCUT2D eigenvalue weighted by Crippen LogP contribution is 2.13. The molecule has 0 rings (SSSR count). The molecule has 1 N–H and O–H groups in total. The van der Waals surface area contributed by atoms with Gasteiger partial charge in [-0.15, -0.1) is 0 Å². The highest BCUT2D eigenvalue weighted by molar-refractivity contribution is 7.87. The molecular weight excluding hydrogens is 180 g/mol. The maximum Gasteiger partial charge on any atom is 0.421 e. The third-order valence-electron chi connectivity index (χ3n) is 1.22. The average Bonchev–Trinajstić information content (AvgIpc) is 1.55. The van der Waals surface area contributed by atoms with Crippen LogP contribution in [-0.2, 0) is 10.1 Å². The van der Waals surface area contributed by atoms with Gasteiger partial charge < -0.3 is 0 Å². The zero-order valence-electron chi connectivity index (χ0n) is 7.16. The Morgan fingerprint density at radius 2 is 1.82 bits per heavy atom. The van der Waals surface area contributed by atoms with Crippen LogP contribution in [0.15, 0.2) is 0 Å². The summed E-state index contributed by atoms with van der Waals surface area (Å²) in [5, 5.41) is 0. The van der Waals surface area contributed by atoms with Crippen LogP contribution in [0, 0.1) is 5.75 Å². The van der Waals surface area contributed by atoms with Crippen LogP contribution < -0.4 is 0 Å². The highest BCUT2D eigenvalue weighted by Gasteiger charge is 2.20. The lowest BCUT2D eigenvalue weighted by Crippen LogP contribution is -2.19. The van der Waals surface area contributed by atoms with Crippen LogP contribution in [0.1, 0.15) is 6.42 Å². The van der Waals surface area contributed by atoms with Crippen molar-refractivity contribution in [1.29, 1.82) is 0 Å². The first-order valence-electron chi connectivity index (χ1n) is 3.51. The van der Waals surface area contributed by atoms with Crippen molar-refractivity contribution in [3.63, 3.8) is 0 Å². The Kier molecular flexibility index (Phi) is 3.60. The lowest BCUT2D eigenvalue weighted by Gasteiger charge is -2.10. The third kappa shape index (κ3) is 10.00. The number of hydrogen-bond acceptors (Lipinski definition) is 2. The number of rotatable bonds is 4. The summed E-state index contributed by atoms with van der Waals surface area (Å²) in [6.45, 7) is 6.47. The zero-order valence-corrected chi connectivity index (χ0v) is 8.98. The molecule has 0 atom stereocenters. The van der Waals surface area contributed by atoms with E-state index in [1.165, 1.54) is 0 Å². The zero-order chi connectivity index (χ0) is 9.12. The van der Waals surface area contributed by atoms with Crippen molar-refractivity contribution in [1.82, 2.24) is 0 Å². The van der Waals surface area contributed by atoms with E-state index >= 15 is 0 Å². The highest BCUT2D eigenvalue weighted by atomic mass is 32.2. The summed E-state index contributed by atoms with van der Waals surface area (Å²) in [4.78, 5) is 0. The molecule has 0 aliphatic rings. The summed E-state index contributed by atoms with van der Waals surface area (Å²) >= 11 is 0. The molecule has 0 aliphatic heterocycles. The van der Waals surface area contributed by atoms with Crippen molar-refractivity contribution in [3.8, 4) is 0 Å². The van der Waals surface area contributed by atoms with Crippen molar-refractivity contribution in [3.05, 3.63) is 5.75 Å². The van der Waals surface area contributed by atoms with E-state index in [0.29, 0.717) is 6.42 Å². The van der Waals surface area contributed by atoms with Gasteiger partial charge in [0.15, 0.2) is 0 Å². The summed E-state index contributed by atoms with van der Waals surface area (Å²) in [5.41, 5.74) is 0. The Labute approximate surface area is 69.6 Å².